The highest BCUT2D eigenvalue weighted by atomic mass is 16.5. The van der Waals surface area contributed by atoms with Crippen LogP contribution in [0.1, 0.15) is 24.4 Å². The van der Waals surface area contributed by atoms with Crippen LogP contribution in [0.15, 0.2) is 24.3 Å². The zero-order valence-electron chi connectivity index (χ0n) is 18.2. The number of hydrogen-bond acceptors (Lipinski definition) is 6. The zero-order chi connectivity index (χ0) is 21.3. The topological polar surface area (TPSA) is 77.2 Å². The second-order valence-corrected chi connectivity index (χ2v) is 8.16. The number of ether oxygens (including phenoxy) is 1. The van der Waals surface area contributed by atoms with E-state index in [-0.39, 0.29) is 6.04 Å². The number of nitrogens with zero attached hydrogens (tertiary/aromatic N) is 3. The predicted molar refractivity (Wildman–Crippen MR) is 118 cm³/mol. The largest absolute Gasteiger partial charge is 0.379 e. The van der Waals surface area contributed by atoms with E-state index in [1.54, 1.807) is 0 Å². The number of carbonyl (C=O) groups is 2. The Kier molecular flexibility index (Phi) is 8.48. The molecular weight excluding hydrogens is 382 g/mol. The molecule has 2 amide bonds. The lowest BCUT2D eigenvalue weighted by Gasteiger charge is -2.28. The maximum absolute atomic E-state index is 12.3. The number of carbonyl (C=O) groups excluding carboxylic acids is 2. The molecule has 0 radical (unpaired) electrons. The highest BCUT2D eigenvalue weighted by Crippen LogP contribution is 2.26. The van der Waals surface area contributed by atoms with Gasteiger partial charge in [0, 0.05) is 52.5 Å². The Morgan fingerprint density at radius 2 is 1.63 bits per heavy atom. The Balaban J connectivity index is 1.50. The van der Waals surface area contributed by atoms with Crippen LogP contribution in [0.5, 0.6) is 0 Å². The third-order valence-corrected chi connectivity index (χ3v) is 5.86. The van der Waals surface area contributed by atoms with Crippen LogP contribution < -0.4 is 15.5 Å². The van der Waals surface area contributed by atoms with Crippen LogP contribution in [0, 0.1) is 0 Å². The summed E-state index contributed by atoms with van der Waals surface area (Å²) in [7, 11) is 4.04. The molecule has 2 saturated heterocycles. The lowest BCUT2D eigenvalue weighted by Crippen LogP contribution is -2.46. The number of nitrogens with one attached hydrogen (secondary N) is 2. The first-order chi connectivity index (χ1) is 14.5. The number of rotatable bonds is 8. The Labute approximate surface area is 179 Å². The summed E-state index contributed by atoms with van der Waals surface area (Å²) in [5.74, 6) is -1.13. The van der Waals surface area contributed by atoms with Crippen molar-refractivity contribution in [1.82, 2.24) is 20.4 Å². The summed E-state index contributed by atoms with van der Waals surface area (Å²) in [4.78, 5) is 31.2. The fourth-order valence-corrected chi connectivity index (χ4v) is 4.01. The quantitative estimate of drug-likeness (QED) is 0.599. The molecular formula is C22H35N5O3. The average Bonchev–Trinajstić information content (AvgIpc) is 3.29. The fraction of sp³-hybridized carbons (Fsp3) is 0.636. The van der Waals surface area contributed by atoms with Crippen molar-refractivity contribution >= 4 is 17.5 Å². The molecule has 2 aliphatic rings. The summed E-state index contributed by atoms with van der Waals surface area (Å²) in [5.41, 5.74) is 2.30. The van der Waals surface area contributed by atoms with Crippen molar-refractivity contribution < 1.29 is 14.3 Å². The maximum Gasteiger partial charge on any atom is 0.309 e. The van der Waals surface area contributed by atoms with Gasteiger partial charge in [0.15, 0.2) is 0 Å². The molecule has 2 N–H and O–H groups in total. The van der Waals surface area contributed by atoms with E-state index in [1.807, 2.05) is 14.1 Å². The molecule has 2 aliphatic heterocycles. The second-order valence-electron chi connectivity index (χ2n) is 8.16. The average molecular weight is 418 g/mol. The third kappa shape index (κ3) is 6.42. The molecule has 30 heavy (non-hydrogen) atoms. The van der Waals surface area contributed by atoms with Crippen LogP contribution in [0.25, 0.3) is 0 Å². The van der Waals surface area contributed by atoms with Gasteiger partial charge in [-0.2, -0.15) is 0 Å². The molecule has 0 spiro atoms. The van der Waals surface area contributed by atoms with Gasteiger partial charge in [0.1, 0.15) is 0 Å². The van der Waals surface area contributed by atoms with Gasteiger partial charge >= 0.3 is 11.8 Å². The van der Waals surface area contributed by atoms with E-state index in [0.717, 1.165) is 57.2 Å². The minimum absolute atomic E-state index is 0.0776. The van der Waals surface area contributed by atoms with Gasteiger partial charge in [-0.05, 0) is 43.6 Å². The molecule has 3 rings (SSSR count). The van der Waals surface area contributed by atoms with Gasteiger partial charge in [0.2, 0.25) is 0 Å². The van der Waals surface area contributed by atoms with E-state index >= 15 is 0 Å². The van der Waals surface area contributed by atoms with E-state index < -0.39 is 11.8 Å². The SMILES string of the molecule is CN(C)c1ccc(C(CNC(=O)C(=O)NCCN2CCOCC2)N2CCCC2)cc1. The molecule has 0 bridgehead atoms. The Morgan fingerprint density at radius 3 is 2.27 bits per heavy atom. The number of morpholine rings is 1. The van der Waals surface area contributed by atoms with Crippen molar-refractivity contribution in [3.8, 4) is 0 Å². The Bertz CT molecular complexity index is 683. The summed E-state index contributed by atoms with van der Waals surface area (Å²) in [6.45, 7) is 6.84. The lowest BCUT2D eigenvalue weighted by atomic mass is 10.0. The summed E-state index contributed by atoms with van der Waals surface area (Å²) in [6, 6.07) is 8.51. The standard InChI is InChI=1S/C22H35N5O3/c1-25(2)19-7-5-18(6-8-19)20(27-10-3-4-11-27)17-24-22(29)21(28)23-9-12-26-13-15-30-16-14-26/h5-8,20H,3-4,9-17H2,1-2H3,(H,23,28)(H,24,29). The monoisotopic (exact) mass is 417 g/mol. The Morgan fingerprint density at radius 1 is 1.00 bits per heavy atom. The first kappa shape index (κ1) is 22.5. The van der Waals surface area contributed by atoms with Crippen molar-refractivity contribution in [1.29, 1.82) is 0 Å². The van der Waals surface area contributed by atoms with Crippen LogP contribution in [0.3, 0.4) is 0 Å². The van der Waals surface area contributed by atoms with Gasteiger partial charge < -0.3 is 20.3 Å². The van der Waals surface area contributed by atoms with Gasteiger partial charge in [-0.3, -0.25) is 19.4 Å². The van der Waals surface area contributed by atoms with Crippen molar-refractivity contribution in [3.63, 3.8) is 0 Å². The predicted octanol–water partition coefficient (Wildman–Crippen LogP) is 0.454. The van der Waals surface area contributed by atoms with Crippen LogP contribution >= 0.6 is 0 Å². The molecule has 166 valence electrons. The van der Waals surface area contributed by atoms with Crippen molar-refractivity contribution in [2.75, 3.05) is 78.0 Å². The highest BCUT2D eigenvalue weighted by molar-refractivity contribution is 6.35. The molecule has 8 heteroatoms. The minimum Gasteiger partial charge on any atom is -0.379 e. The van der Waals surface area contributed by atoms with Crippen LogP contribution in [-0.4, -0.2) is 94.7 Å². The summed E-state index contributed by atoms with van der Waals surface area (Å²) >= 11 is 0. The van der Waals surface area contributed by atoms with Gasteiger partial charge in [0.05, 0.1) is 19.3 Å². The smallest absolute Gasteiger partial charge is 0.309 e. The van der Waals surface area contributed by atoms with Gasteiger partial charge in [-0.25, -0.2) is 0 Å². The van der Waals surface area contributed by atoms with Crippen molar-refractivity contribution in [2.24, 2.45) is 0 Å². The van der Waals surface area contributed by atoms with E-state index in [4.69, 9.17) is 4.74 Å². The molecule has 0 aromatic heterocycles. The summed E-state index contributed by atoms with van der Waals surface area (Å²) in [6.07, 6.45) is 2.34. The van der Waals surface area contributed by atoms with Gasteiger partial charge in [-0.1, -0.05) is 12.1 Å². The van der Waals surface area contributed by atoms with Crippen LogP contribution in [0.2, 0.25) is 0 Å². The van der Waals surface area contributed by atoms with E-state index in [0.29, 0.717) is 13.1 Å². The van der Waals surface area contributed by atoms with E-state index in [1.165, 1.54) is 12.8 Å². The molecule has 8 nitrogen and oxygen atoms in total. The summed E-state index contributed by atoms with van der Waals surface area (Å²) in [5, 5.41) is 5.58. The second kappa shape index (κ2) is 11.3. The van der Waals surface area contributed by atoms with Crippen LogP contribution in [0.4, 0.5) is 5.69 Å². The zero-order valence-corrected chi connectivity index (χ0v) is 18.2. The first-order valence-corrected chi connectivity index (χ1v) is 10.9. The molecule has 2 fully saturated rings. The molecule has 1 atom stereocenters. The van der Waals surface area contributed by atoms with Gasteiger partial charge in [-0.15, -0.1) is 0 Å². The van der Waals surface area contributed by atoms with Gasteiger partial charge in [0.25, 0.3) is 0 Å². The van der Waals surface area contributed by atoms with Crippen molar-refractivity contribution in [3.05, 3.63) is 29.8 Å². The van der Waals surface area contributed by atoms with E-state index in [9.17, 15) is 9.59 Å². The number of anilines is 1. The molecule has 0 saturated carbocycles. The maximum atomic E-state index is 12.3. The molecule has 1 aromatic rings. The highest BCUT2D eigenvalue weighted by Gasteiger charge is 2.25. The lowest BCUT2D eigenvalue weighted by molar-refractivity contribution is -0.139. The minimum atomic E-state index is -0.564. The van der Waals surface area contributed by atoms with Crippen molar-refractivity contribution in [2.45, 2.75) is 18.9 Å². The normalized spacial score (nSPS) is 18.7. The number of benzene rings is 1. The first-order valence-electron chi connectivity index (χ1n) is 10.9. The number of amides is 2. The molecule has 2 heterocycles. The van der Waals surface area contributed by atoms with Crippen LogP contribution in [-0.2, 0) is 14.3 Å². The van der Waals surface area contributed by atoms with E-state index in [2.05, 4.69) is 49.6 Å². The number of likely N-dealkylation sites (tertiary alicyclic amines) is 1. The molecule has 1 aromatic carbocycles. The molecule has 1 unspecified atom stereocenters. The number of hydrogen-bond donors (Lipinski definition) is 2. The molecule has 0 aliphatic carbocycles. The third-order valence-electron chi connectivity index (χ3n) is 5.86. The Hall–Kier alpha value is -2.16. The fourth-order valence-electron chi connectivity index (χ4n) is 4.01. The summed E-state index contributed by atoms with van der Waals surface area (Å²) < 4.78 is 5.32.